The Morgan fingerprint density at radius 2 is 2.22 bits per heavy atom. The lowest BCUT2D eigenvalue weighted by atomic mass is 10.0. The third-order valence-electron chi connectivity index (χ3n) is 4.52. The van der Waals surface area contributed by atoms with E-state index in [1.807, 2.05) is 24.4 Å². The van der Waals surface area contributed by atoms with Crippen molar-refractivity contribution >= 4 is 11.3 Å². The number of thiophene rings is 1. The first-order valence-corrected chi connectivity index (χ1v) is 9.41. The van der Waals surface area contributed by atoms with Gasteiger partial charge in [-0.1, -0.05) is 25.8 Å². The van der Waals surface area contributed by atoms with Gasteiger partial charge in [0.05, 0.1) is 12.6 Å². The van der Waals surface area contributed by atoms with E-state index in [1.54, 1.807) is 11.3 Å². The maximum Gasteiger partial charge on any atom is 0.230 e. The van der Waals surface area contributed by atoms with Gasteiger partial charge in [-0.2, -0.15) is 0 Å². The van der Waals surface area contributed by atoms with Gasteiger partial charge in [0.25, 0.3) is 0 Å². The number of rotatable bonds is 6. The first kappa shape index (κ1) is 16.6. The molecule has 1 saturated heterocycles. The van der Waals surface area contributed by atoms with Gasteiger partial charge in [-0.25, -0.2) is 0 Å². The fourth-order valence-corrected chi connectivity index (χ4v) is 3.96. The molecule has 0 aromatic carbocycles. The second-order valence-electron chi connectivity index (χ2n) is 6.18. The quantitative estimate of drug-likeness (QED) is 0.874. The normalized spacial score (nSPS) is 21.2. The third kappa shape index (κ3) is 4.40. The Hall–Kier alpha value is -1.24. The predicted molar refractivity (Wildman–Crippen MR) is 90.2 cm³/mol. The zero-order valence-electron chi connectivity index (χ0n) is 13.6. The Labute approximate surface area is 141 Å². The van der Waals surface area contributed by atoms with Crippen LogP contribution in [0.4, 0.5) is 0 Å². The number of hydrogen-bond donors (Lipinski definition) is 1. The Kier molecular flexibility index (Phi) is 5.80. The lowest BCUT2D eigenvalue weighted by Crippen LogP contribution is -2.35. The highest BCUT2D eigenvalue weighted by Gasteiger charge is 2.26. The number of likely N-dealkylation sites (tertiary alicyclic amines) is 1. The summed E-state index contributed by atoms with van der Waals surface area (Å²) in [4.78, 5) is 3.47. The van der Waals surface area contributed by atoms with Crippen molar-refractivity contribution in [3.63, 3.8) is 0 Å². The van der Waals surface area contributed by atoms with E-state index < -0.39 is 0 Å². The molecule has 1 fully saturated rings. The highest BCUT2D eigenvalue weighted by Crippen LogP contribution is 2.29. The summed E-state index contributed by atoms with van der Waals surface area (Å²) >= 11 is 1.63. The van der Waals surface area contributed by atoms with Gasteiger partial charge in [-0.3, -0.25) is 4.90 Å². The monoisotopic (exact) mass is 335 g/mol. The molecule has 0 aliphatic carbocycles. The highest BCUT2D eigenvalue weighted by molar-refractivity contribution is 7.10. The molecule has 2 aromatic heterocycles. The molecule has 5 nitrogen and oxygen atoms in total. The maximum atomic E-state index is 10.5. The second kappa shape index (κ2) is 8.04. The Morgan fingerprint density at radius 1 is 1.35 bits per heavy atom. The van der Waals surface area contributed by atoms with Crippen LogP contribution in [-0.2, 0) is 13.0 Å². The molecule has 1 N–H and O–H groups in total. The van der Waals surface area contributed by atoms with Crippen LogP contribution in [0.1, 0.15) is 61.8 Å². The van der Waals surface area contributed by atoms with E-state index in [2.05, 4.69) is 15.1 Å². The number of hydrogen-bond acceptors (Lipinski definition) is 6. The summed E-state index contributed by atoms with van der Waals surface area (Å²) in [6.45, 7) is 3.74. The average molecular weight is 335 g/mol. The molecule has 1 aliphatic heterocycles. The molecule has 3 heterocycles. The molecule has 2 atom stereocenters. The van der Waals surface area contributed by atoms with Crippen LogP contribution in [-0.4, -0.2) is 32.8 Å². The molecule has 0 bridgehead atoms. The van der Waals surface area contributed by atoms with E-state index in [-0.39, 0.29) is 6.10 Å². The van der Waals surface area contributed by atoms with Gasteiger partial charge >= 0.3 is 0 Å². The summed E-state index contributed by atoms with van der Waals surface area (Å²) in [5.74, 6) is 1.39. The number of aliphatic hydroxyl groups excluding tert-OH is 1. The first-order chi connectivity index (χ1) is 11.3. The number of aryl methyl sites for hydroxylation is 1. The van der Waals surface area contributed by atoms with Crippen LogP contribution in [0.5, 0.6) is 0 Å². The number of nitrogens with zero attached hydrogens (tertiary/aromatic N) is 3. The van der Waals surface area contributed by atoms with Gasteiger partial charge in [0.15, 0.2) is 0 Å². The summed E-state index contributed by atoms with van der Waals surface area (Å²) in [7, 11) is 0. The summed E-state index contributed by atoms with van der Waals surface area (Å²) < 4.78 is 5.68. The molecule has 23 heavy (non-hydrogen) atoms. The van der Waals surface area contributed by atoms with Gasteiger partial charge in [0.1, 0.15) is 0 Å². The van der Waals surface area contributed by atoms with Crippen molar-refractivity contribution < 1.29 is 9.52 Å². The van der Waals surface area contributed by atoms with Crippen LogP contribution < -0.4 is 0 Å². The average Bonchev–Trinajstić information content (AvgIpc) is 3.19. The molecule has 0 unspecified atom stereocenters. The molecule has 0 amide bonds. The predicted octanol–water partition coefficient (Wildman–Crippen LogP) is 3.56. The fourth-order valence-electron chi connectivity index (χ4n) is 3.24. The van der Waals surface area contributed by atoms with Crippen LogP contribution in [0.25, 0.3) is 0 Å². The van der Waals surface area contributed by atoms with Gasteiger partial charge in [-0.15, -0.1) is 21.5 Å². The number of aromatic nitrogens is 2. The van der Waals surface area contributed by atoms with Gasteiger partial charge in [0, 0.05) is 17.3 Å². The van der Waals surface area contributed by atoms with E-state index in [4.69, 9.17) is 4.42 Å². The summed E-state index contributed by atoms with van der Waals surface area (Å²) in [5.41, 5.74) is 0. The molecular formula is C17H25N3O2S. The van der Waals surface area contributed by atoms with Crippen molar-refractivity contribution in [3.8, 4) is 0 Å². The van der Waals surface area contributed by atoms with Crippen LogP contribution in [0, 0.1) is 0 Å². The van der Waals surface area contributed by atoms with Crippen LogP contribution >= 0.6 is 11.3 Å². The minimum Gasteiger partial charge on any atom is -0.424 e. The summed E-state index contributed by atoms with van der Waals surface area (Å²) in [6, 6.07) is 4.38. The minimum absolute atomic E-state index is 0.367. The molecule has 126 valence electrons. The van der Waals surface area contributed by atoms with E-state index in [1.165, 1.54) is 19.3 Å². The van der Waals surface area contributed by atoms with Crippen LogP contribution in [0.2, 0.25) is 0 Å². The van der Waals surface area contributed by atoms with Crippen molar-refractivity contribution in [2.75, 3.05) is 6.54 Å². The Balaban J connectivity index is 1.66. The lowest BCUT2D eigenvalue weighted by molar-refractivity contribution is 0.0939. The van der Waals surface area contributed by atoms with Gasteiger partial charge in [-0.05, 0) is 37.3 Å². The largest absolute Gasteiger partial charge is 0.424 e. The minimum atomic E-state index is -0.380. The highest BCUT2D eigenvalue weighted by atomic mass is 32.1. The zero-order chi connectivity index (χ0) is 16.1. The molecule has 0 saturated carbocycles. The molecule has 1 aliphatic rings. The molecule has 3 rings (SSSR count). The second-order valence-corrected chi connectivity index (χ2v) is 7.16. The smallest absolute Gasteiger partial charge is 0.230 e. The zero-order valence-corrected chi connectivity index (χ0v) is 14.5. The van der Waals surface area contributed by atoms with Crippen molar-refractivity contribution in [2.24, 2.45) is 0 Å². The SMILES string of the molecule is CCc1nnc(CN2CCCCC[C@@H]2C[C@@H](O)c2cccs2)o1. The lowest BCUT2D eigenvalue weighted by Gasteiger charge is -2.30. The third-order valence-corrected chi connectivity index (χ3v) is 5.49. The first-order valence-electron chi connectivity index (χ1n) is 8.53. The van der Waals surface area contributed by atoms with Crippen LogP contribution in [0.3, 0.4) is 0 Å². The van der Waals surface area contributed by atoms with E-state index >= 15 is 0 Å². The fraction of sp³-hybridized carbons (Fsp3) is 0.647. The van der Waals surface area contributed by atoms with E-state index in [0.29, 0.717) is 24.4 Å². The Morgan fingerprint density at radius 3 is 2.96 bits per heavy atom. The van der Waals surface area contributed by atoms with E-state index in [9.17, 15) is 5.11 Å². The Bertz CT molecular complexity index is 584. The van der Waals surface area contributed by atoms with Gasteiger partial charge in [0.2, 0.25) is 11.8 Å². The van der Waals surface area contributed by atoms with Crippen LogP contribution in [0.15, 0.2) is 21.9 Å². The van der Waals surface area contributed by atoms with Crippen molar-refractivity contribution in [2.45, 2.75) is 64.1 Å². The van der Waals surface area contributed by atoms with Crippen molar-refractivity contribution in [3.05, 3.63) is 34.2 Å². The topological polar surface area (TPSA) is 62.4 Å². The molecular weight excluding hydrogens is 310 g/mol. The summed E-state index contributed by atoms with van der Waals surface area (Å²) in [6.07, 6.45) is 5.96. The summed E-state index contributed by atoms with van der Waals surface area (Å²) in [5, 5.41) is 20.7. The van der Waals surface area contributed by atoms with Crippen molar-refractivity contribution in [1.29, 1.82) is 0 Å². The number of aliphatic hydroxyl groups is 1. The molecule has 0 radical (unpaired) electrons. The van der Waals surface area contributed by atoms with Gasteiger partial charge < -0.3 is 9.52 Å². The maximum absolute atomic E-state index is 10.5. The van der Waals surface area contributed by atoms with E-state index in [0.717, 1.165) is 30.7 Å². The molecule has 2 aromatic rings. The van der Waals surface area contributed by atoms with Crippen molar-refractivity contribution in [1.82, 2.24) is 15.1 Å². The standard InChI is InChI=1S/C17H25N3O2S/c1-2-16-18-19-17(22-16)12-20-9-5-3-4-7-13(20)11-14(21)15-8-6-10-23-15/h6,8,10,13-14,21H,2-5,7,9,11-12H2,1H3/t13-,14-/m1/s1. The molecule has 0 spiro atoms. The molecule has 6 heteroatoms.